The van der Waals surface area contributed by atoms with Gasteiger partial charge in [-0.25, -0.2) is 8.42 Å². The normalized spacial score (nSPS) is 13.3. The third-order valence-electron chi connectivity index (χ3n) is 6.50. The molecule has 5 rings (SSSR count). The van der Waals surface area contributed by atoms with Crippen LogP contribution in [-0.4, -0.2) is 43.4 Å². The van der Waals surface area contributed by atoms with Gasteiger partial charge in [0.05, 0.1) is 10.6 Å². The lowest BCUT2D eigenvalue weighted by Gasteiger charge is -2.29. The molecule has 1 aliphatic heterocycles. The second-order valence-corrected chi connectivity index (χ2v) is 11.7. The zero-order chi connectivity index (χ0) is 27.0. The highest BCUT2D eigenvalue weighted by Gasteiger charge is 2.29. The van der Waals surface area contributed by atoms with Gasteiger partial charge in [-0.15, -0.1) is 0 Å². The third-order valence-corrected chi connectivity index (χ3v) is 8.69. The maximum atomic E-state index is 13.5. The minimum absolute atomic E-state index is 0.105. The molecule has 0 saturated carbocycles. The van der Waals surface area contributed by atoms with E-state index in [0.717, 1.165) is 16.3 Å². The molecule has 0 spiro atoms. The number of carboxylic acids is 1. The van der Waals surface area contributed by atoms with Gasteiger partial charge in [0.1, 0.15) is 6.54 Å². The first-order chi connectivity index (χ1) is 18.1. The molecular formula is C28H22Cl2N2O5S. The Labute approximate surface area is 229 Å². The van der Waals surface area contributed by atoms with E-state index in [1.165, 1.54) is 29.8 Å². The van der Waals surface area contributed by atoms with Gasteiger partial charge in [-0.05, 0) is 64.7 Å². The fourth-order valence-corrected chi connectivity index (χ4v) is 6.83. The molecule has 194 valence electrons. The van der Waals surface area contributed by atoms with Crippen LogP contribution in [0.3, 0.4) is 0 Å². The molecule has 0 aliphatic carbocycles. The molecule has 0 atom stereocenters. The van der Waals surface area contributed by atoms with Gasteiger partial charge in [-0.1, -0.05) is 65.7 Å². The molecule has 38 heavy (non-hydrogen) atoms. The van der Waals surface area contributed by atoms with Gasteiger partial charge in [-0.2, -0.15) is 0 Å². The minimum atomic E-state index is -4.33. The van der Waals surface area contributed by atoms with Crippen molar-refractivity contribution in [3.63, 3.8) is 0 Å². The predicted octanol–water partition coefficient (Wildman–Crippen LogP) is 5.63. The summed E-state index contributed by atoms with van der Waals surface area (Å²) >= 11 is 12.0. The molecule has 10 heteroatoms. The van der Waals surface area contributed by atoms with Crippen molar-refractivity contribution in [1.82, 2.24) is 4.90 Å². The highest BCUT2D eigenvalue weighted by atomic mass is 35.5. The Morgan fingerprint density at radius 1 is 0.895 bits per heavy atom. The number of amides is 1. The second-order valence-electron chi connectivity index (χ2n) is 8.97. The van der Waals surface area contributed by atoms with Gasteiger partial charge in [0.2, 0.25) is 0 Å². The van der Waals surface area contributed by atoms with Crippen LogP contribution in [-0.2, 0) is 27.8 Å². The third kappa shape index (κ3) is 5.07. The molecule has 1 aliphatic rings. The van der Waals surface area contributed by atoms with E-state index in [4.69, 9.17) is 23.2 Å². The van der Waals surface area contributed by atoms with Crippen LogP contribution in [0.4, 0.5) is 5.69 Å². The average molecular weight is 569 g/mol. The SMILES string of the molecule is O=C(O)CN(c1ccc2c(C(=O)N3CCc4ccccc4C3)cccc2c1)S(=O)(=O)c1cc(Cl)cc(Cl)c1. The van der Waals surface area contributed by atoms with Gasteiger partial charge in [-0.3, -0.25) is 13.9 Å². The van der Waals surface area contributed by atoms with E-state index in [0.29, 0.717) is 29.4 Å². The summed E-state index contributed by atoms with van der Waals surface area (Å²) in [6.07, 6.45) is 0.770. The molecule has 0 saturated heterocycles. The molecule has 7 nitrogen and oxygen atoms in total. The maximum Gasteiger partial charge on any atom is 0.324 e. The van der Waals surface area contributed by atoms with Gasteiger partial charge in [0, 0.05) is 28.7 Å². The van der Waals surface area contributed by atoms with Crippen LogP contribution < -0.4 is 4.31 Å². The number of benzene rings is 4. The number of carbonyl (C=O) groups is 2. The summed E-state index contributed by atoms with van der Waals surface area (Å²) in [5.41, 5.74) is 2.97. The van der Waals surface area contributed by atoms with Crippen LogP contribution in [0.15, 0.2) is 83.8 Å². The summed E-state index contributed by atoms with van der Waals surface area (Å²) in [5, 5.41) is 10.9. The second kappa shape index (κ2) is 10.3. The first kappa shape index (κ1) is 26.0. The summed E-state index contributed by atoms with van der Waals surface area (Å²) in [6.45, 7) is 0.289. The molecular weight excluding hydrogens is 547 g/mol. The maximum absolute atomic E-state index is 13.5. The summed E-state index contributed by atoms with van der Waals surface area (Å²) in [4.78, 5) is 26.7. The lowest BCUT2D eigenvalue weighted by atomic mass is 9.98. The monoisotopic (exact) mass is 568 g/mol. The Morgan fingerprint density at radius 3 is 2.32 bits per heavy atom. The number of anilines is 1. The van der Waals surface area contributed by atoms with E-state index in [9.17, 15) is 23.1 Å². The van der Waals surface area contributed by atoms with Crippen molar-refractivity contribution in [2.24, 2.45) is 0 Å². The number of rotatable bonds is 6. The van der Waals surface area contributed by atoms with E-state index in [-0.39, 0.29) is 26.5 Å². The van der Waals surface area contributed by atoms with Crippen LogP contribution in [0.25, 0.3) is 10.8 Å². The molecule has 0 aromatic heterocycles. The largest absolute Gasteiger partial charge is 0.480 e. The molecule has 1 amide bonds. The Morgan fingerprint density at radius 2 is 1.61 bits per heavy atom. The predicted molar refractivity (Wildman–Crippen MR) is 147 cm³/mol. The number of nitrogens with zero attached hydrogens (tertiary/aromatic N) is 2. The van der Waals surface area contributed by atoms with E-state index in [2.05, 4.69) is 6.07 Å². The minimum Gasteiger partial charge on any atom is -0.480 e. The number of sulfonamides is 1. The Kier molecular flexibility index (Phi) is 7.05. The quantitative estimate of drug-likeness (QED) is 0.325. The van der Waals surface area contributed by atoms with Crippen LogP contribution in [0.2, 0.25) is 10.0 Å². The van der Waals surface area contributed by atoms with Crippen LogP contribution in [0, 0.1) is 0 Å². The van der Waals surface area contributed by atoms with E-state index in [1.54, 1.807) is 35.2 Å². The average Bonchev–Trinajstić information content (AvgIpc) is 2.89. The first-order valence-corrected chi connectivity index (χ1v) is 13.9. The number of carbonyl (C=O) groups excluding carboxylic acids is 1. The van der Waals surface area contributed by atoms with Crippen molar-refractivity contribution in [1.29, 1.82) is 0 Å². The van der Waals surface area contributed by atoms with Crippen molar-refractivity contribution in [2.75, 3.05) is 17.4 Å². The summed E-state index contributed by atoms with van der Waals surface area (Å²) in [7, 11) is -4.33. The van der Waals surface area contributed by atoms with Crippen molar-refractivity contribution in [2.45, 2.75) is 17.9 Å². The Bertz CT molecular complexity index is 1670. The van der Waals surface area contributed by atoms with Gasteiger partial charge < -0.3 is 10.0 Å². The number of aliphatic carboxylic acids is 1. The number of halogens is 2. The standard InChI is InChI=1S/C28H22Cl2N2O5S/c29-21-13-22(30)15-24(14-21)38(36,37)32(17-27(33)34)23-8-9-25-19(12-23)6-3-7-26(25)28(35)31-11-10-18-4-1-2-5-20(18)16-31/h1-9,12-15H,10-11,16-17H2,(H,33,34). The molecule has 4 aromatic carbocycles. The summed E-state index contributed by atoms with van der Waals surface area (Å²) in [5.74, 6) is -1.46. The van der Waals surface area contributed by atoms with E-state index >= 15 is 0 Å². The summed E-state index contributed by atoms with van der Waals surface area (Å²) in [6, 6.07) is 21.8. The van der Waals surface area contributed by atoms with Crippen molar-refractivity contribution < 1.29 is 23.1 Å². The Hall–Kier alpha value is -3.59. The Balaban J connectivity index is 1.52. The molecule has 0 fully saturated rings. The smallest absolute Gasteiger partial charge is 0.324 e. The topological polar surface area (TPSA) is 95.0 Å². The van der Waals surface area contributed by atoms with Crippen LogP contribution in [0.1, 0.15) is 21.5 Å². The lowest BCUT2D eigenvalue weighted by Crippen LogP contribution is -2.36. The van der Waals surface area contributed by atoms with Crippen LogP contribution >= 0.6 is 23.2 Å². The molecule has 0 unspecified atom stereocenters. The first-order valence-electron chi connectivity index (χ1n) is 11.7. The van der Waals surface area contributed by atoms with Gasteiger partial charge >= 0.3 is 5.97 Å². The molecule has 4 aromatic rings. The van der Waals surface area contributed by atoms with Crippen LogP contribution in [0.5, 0.6) is 0 Å². The summed E-state index contributed by atoms with van der Waals surface area (Å²) < 4.78 is 27.7. The lowest BCUT2D eigenvalue weighted by molar-refractivity contribution is -0.135. The highest BCUT2D eigenvalue weighted by Crippen LogP contribution is 2.32. The number of hydrogen-bond acceptors (Lipinski definition) is 4. The fraction of sp³-hybridized carbons (Fsp3) is 0.143. The van der Waals surface area contributed by atoms with Gasteiger partial charge in [0.25, 0.3) is 15.9 Å². The van der Waals surface area contributed by atoms with Crippen molar-refractivity contribution in [3.05, 3.63) is 106 Å². The molecule has 1 heterocycles. The van der Waals surface area contributed by atoms with Gasteiger partial charge in [0.15, 0.2) is 0 Å². The zero-order valence-corrected chi connectivity index (χ0v) is 22.3. The zero-order valence-electron chi connectivity index (χ0n) is 20.0. The number of hydrogen-bond donors (Lipinski definition) is 1. The fourth-order valence-electron chi connectivity index (χ4n) is 4.69. The number of carboxylic acid groups (broad SMARTS) is 1. The van der Waals surface area contributed by atoms with E-state index < -0.39 is 22.5 Å². The molecule has 0 bridgehead atoms. The molecule has 0 radical (unpaired) electrons. The van der Waals surface area contributed by atoms with Crippen molar-refractivity contribution >= 4 is 61.6 Å². The van der Waals surface area contributed by atoms with Crippen molar-refractivity contribution in [3.8, 4) is 0 Å². The number of fused-ring (bicyclic) bond motifs is 2. The van der Waals surface area contributed by atoms with E-state index in [1.807, 2.05) is 18.2 Å². The highest BCUT2D eigenvalue weighted by molar-refractivity contribution is 7.92. The molecule has 1 N–H and O–H groups in total.